The second kappa shape index (κ2) is 9.57. The SMILES string of the molecule is Br.C[CH2][Sb][CH2]C. The van der Waals surface area contributed by atoms with E-state index < -0.39 is 0 Å². The van der Waals surface area contributed by atoms with Crippen molar-refractivity contribution in [2.45, 2.75) is 22.6 Å². The van der Waals surface area contributed by atoms with Crippen LogP contribution in [0.2, 0.25) is 8.73 Å². The van der Waals surface area contributed by atoms with Gasteiger partial charge in [-0.15, -0.1) is 17.0 Å². The summed E-state index contributed by atoms with van der Waals surface area (Å²) >= 11 is 0.356. The molecule has 0 aliphatic heterocycles. The van der Waals surface area contributed by atoms with Crippen LogP contribution in [0.5, 0.6) is 0 Å². The van der Waals surface area contributed by atoms with E-state index in [1.165, 1.54) is 8.73 Å². The first-order valence-electron chi connectivity index (χ1n) is 2.05. The molecule has 0 spiro atoms. The van der Waals surface area contributed by atoms with Crippen LogP contribution in [-0.4, -0.2) is 21.6 Å². The predicted octanol–water partition coefficient (Wildman–Crippen LogP) is 2.14. The van der Waals surface area contributed by atoms with Crippen molar-refractivity contribution in [2.24, 2.45) is 0 Å². The van der Waals surface area contributed by atoms with Gasteiger partial charge in [-0.25, -0.2) is 0 Å². The molecule has 0 saturated heterocycles. The topological polar surface area (TPSA) is 0 Å². The van der Waals surface area contributed by atoms with E-state index in [2.05, 4.69) is 13.8 Å². The molecule has 39 valence electrons. The van der Waals surface area contributed by atoms with Gasteiger partial charge in [0.05, 0.1) is 0 Å². The molecule has 0 aromatic carbocycles. The third kappa shape index (κ3) is 9.00. The van der Waals surface area contributed by atoms with Gasteiger partial charge in [0, 0.05) is 0 Å². The minimum absolute atomic E-state index is 0. The fourth-order valence-electron chi connectivity index (χ4n) is 0.224. The monoisotopic (exact) mass is 259 g/mol. The van der Waals surface area contributed by atoms with Crippen LogP contribution in [0.25, 0.3) is 0 Å². The average Bonchev–Trinajstić information content (AvgIpc) is 1.41. The van der Waals surface area contributed by atoms with Gasteiger partial charge in [-0.3, -0.25) is 0 Å². The Morgan fingerprint density at radius 1 is 1.17 bits per heavy atom. The number of hydrogen-bond donors (Lipinski definition) is 0. The summed E-state index contributed by atoms with van der Waals surface area (Å²) in [5, 5.41) is 0. The number of rotatable bonds is 2. The summed E-state index contributed by atoms with van der Waals surface area (Å²) in [6.07, 6.45) is 0. The van der Waals surface area contributed by atoms with Crippen molar-refractivity contribution in [2.75, 3.05) is 0 Å². The Hall–Kier alpha value is 1.30. The van der Waals surface area contributed by atoms with E-state index in [1.54, 1.807) is 0 Å². The van der Waals surface area contributed by atoms with Crippen LogP contribution in [0.4, 0.5) is 0 Å². The molecule has 0 unspecified atom stereocenters. The van der Waals surface area contributed by atoms with Crippen LogP contribution in [-0.2, 0) is 0 Å². The van der Waals surface area contributed by atoms with E-state index in [-0.39, 0.29) is 17.0 Å². The van der Waals surface area contributed by atoms with E-state index >= 15 is 0 Å². The average molecular weight is 261 g/mol. The van der Waals surface area contributed by atoms with Crippen molar-refractivity contribution in [1.82, 2.24) is 0 Å². The molecule has 0 aliphatic carbocycles. The second-order valence-corrected chi connectivity index (χ2v) is 5.74. The van der Waals surface area contributed by atoms with Crippen LogP contribution in [0.15, 0.2) is 0 Å². The van der Waals surface area contributed by atoms with Gasteiger partial charge in [0.2, 0.25) is 0 Å². The maximum atomic E-state index is 2.28. The quantitative estimate of drug-likeness (QED) is 0.668. The molecule has 0 aromatic rings. The molecule has 0 N–H and O–H groups in total. The van der Waals surface area contributed by atoms with Gasteiger partial charge in [0.1, 0.15) is 0 Å². The molecule has 0 amide bonds. The van der Waals surface area contributed by atoms with Gasteiger partial charge >= 0.3 is 44.2 Å². The van der Waals surface area contributed by atoms with Crippen LogP contribution in [0.1, 0.15) is 13.8 Å². The summed E-state index contributed by atoms with van der Waals surface area (Å²) in [5.41, 5.74) is 0. The fourth-order valence-corrected chi connectivity index (χ4v) is 1.50. The van der Waals surface area contributed by atoms with Crippen molar-refractivity contribution in [1.29, 1.82) is 0 Å². The van der Waals surface area contributed by atoms with E-state index in [1.807, 2.05) is 0 Å². The van der Waals surface area contributed by atoms with Crippen molar-refractivity contribution >= 4 is 38.6 Å². The minimum atomic E-state index is 0. The zero-order valence-corrected chi connectivity index (χ0v) is 8.54. The first-order chi connectivity index (χ1) is 2.41. The third-order valence-corrected chi connectivity index (χ3v) is 3.00. The third-order valence-electron chi connectivity index (χ3n) is 0.447. The first-order valence-corrected chi connectivity index (χ1v) is 5.66. The maximum absolute atomic E-state index is 2.28. The molecule has 1 radical (unpaired) electrons. The summed E-state index contributed by atoms with van der Waals surface area (Å²) in [6.45, 7) is 4.56. The van der Waals surface area contributed by atoms with Crippen molar-refractivity contribution in [3.05, 3.63) is 0 Å². The molecule has 0 nitrogen and oxygen atoms in total. The van der Waals surface area contributed by atoms with E-state index in [4.69, 9.17) is 0 Å². The van der Waals surface area contributed by atoms with Crippen LogP contribution >= 0.6 is 17.0 Å². The Morgan fingerprint density at radius 2 is 1.50 bits per heavy atom. The van der Waals surface area contributed by atoms with Gasteiger partial charge in [-0.2, -0.15) is 0 Å². The van der Waals surface area contributed by atoms with Gasteiger partial charge < -0.3 is 0 Å². The molecule has 0 rings (SSSR count). The number of hydrogen-bond acceptors (Lipinski definition) is 0. The number of halogens is 1. The Balaban J connectivity index is 0. The van der Waals surface area contributed by atoms with Gasteiger partial charge in [0.15, 0.2) is 0 Å². The van der Waals surface area contributed by atoms with Crippen molar-refractivity contribution < 1.29 is 0 Å². The summed E-state index contributed by atoms with van der Waals surface area (Å²) in [5.74, 6) is 0. The molecule has 0 aromatic heterocycles. The van der Waals surface area contributed by atoms with E-state index in [9.17, 15) is 0 Å². The first kappa shape index (κ1) is 10.3. The van der Waals surface area contributed by atoms with Gasteiger partial charge in [-0.05, 0) is 0 Å². The Labute approximate surface area is 61.0 Å². The predicted molar refractivity (Wildman–Crippen MR) is 37.0 cm³/mol. The zero-order valence-electron chi connectivity index (χ0n) is 4.27. The molecule has 0 atom stereocenters. The molecule has 2 heteroatoms. The van der Waals surface area contributed by atoms with Gasteiger partial charge in [-0.1, -0.05) is 0 Å². The molecular formula is C4H11BrSb. The fraction of sp³-hybridized carbons (Fsp3) is 1.00. The summed E-state index contributed by atoms with van der Waals surface area (Å²) in [4.78, 5) is 0. The zero-order chi connectivity index (χ0) is 4.12. The second-order valence-electron chi connectivity index (χ2n) is 0.856. The summed E-state index contributed by atoms with van der Waals surface area (Å²) < 4.78 is 2.99. The molecule has 0 heterocycles. The molecule has 0 bridgehead atoms. The van der Waals surface area contributed by atoms with Crippen LogP contribution in [0.3, 0.4) is 0 Å². The van der Waals surface area contributed by atoms with Crippen LogP contribution < -0.4 is 0 Å². The Bertz CT molecular complexity index is 15.0. The summed E-state index contributed by atoms with van der Waals surface area (Å²) in [7, 11) is 0. The van der Waals surface area contributed by atoms with Gasteiger partial charge in [0.25, 0.3) is 0 Å². The Morgan fingerprint density at radius 3 is 1.50 bits per heavy atom. The molecule has 0 fully saturated rings. The standard InChI is InChI=1S/2C2H5.BrH.Sb/c2*1-2;;/h2*1H2,2H3;1H;. The summed E-state index contributed by atoms with van der Waals surface area (Å²) in [6, 6.07) is 0. The molecule has 0 saturated carbocycles. The van der Waals surface area contributed by atoms with Crippen molar-refractivity contribution in [3.8, 4) is 0 Å². The van der Waals surface area contributed by atoms with Crippen LogP contribution in [0, 0.1) is 0 Å². The normalized spacial score (nSPS) is 7.00. The van der Waals surface area contributed by atoms with Crippen molar-refractivity contribution in [3.63, 3.8) is 0 Å². The molecule has 6 heavy (non-hydrogen) atoms. The Kier molecular flexibility index (Phi) is 16.4. The molecular weight excluding hydrogens is 250 g/mol. The van der Waals surface area contributed by atoms with E-state index in [0.717, 1.165) is 0 Å². The molecule has 0 aliphatic rings. The van der Waals surface area contributed by atoms with E-state index in [0.29, 0.717) is 21.6 Å².